The van der Waals surface area contributed by atoms with Crippen LogP contribution in [0.15, 0.2) is 83.5 Å². The zero-order valence-corrected chi connectivity index (χ0v) is 21.1. The molecule has 1 aliphatic rings. The minimum Gasteiger partial charge on any atom is -0.496 e. The summed E-state index contributed by atoms with van der Waals surface area (Å²) in [6, 6.07) is 22.6. The number of nitrogens with zero attached hydrogens (tertiary/aromatic N) is 2. The standard InChI is InChI=1S/C28H26N4O4S/c1-35-25-18-20-6-3-2-5-19(20)17-23(25)26(33)30-28(37)29-21-8-10-22(11-9-21)31-12-14-32(15-13-31)27(34)24-7-4-16-36-24/h2-11,16-18H,12-15H2,1H3,(H2,29,30,33,37). The highest BCUT2D eigenvalue weighted by atomic mass is 32.1. The number of amides is 2. The number of thiocarbonyl (C=S) groups is 1. The maximum atomic E-state index is 12.9. The first-order valence-corrected chi connectivity index (χ1v) is 12.3. The van der Waals surface area contributed by atoms with Crippen LogP contribution in [0.5, 0.6) is 5.75 Å². The van der Waals surface area contributed by atoms with E-state index in [4.69, 9.17) is 21.4 Å². The predicted molar refractivity (Wildman–Crippen MR) is 147 cm³/mol. The van der Waals surface area contributed by atoms with Crippen LogP contribution in [0, 0.1) is 0 Å². The molecule has 2 heterocycles. The number of piperazine rings is 1. The summed E-state index contributed by atoms with van der Waals surface area (Å²) in [5, 5.41) is 7.92. The lowest BCUT2D eigenvalue weighted by Gasteiger charge is -2.35. The molecule has 37 heavy (non-hydrogen) atoms. The largest absolute Gasteiger partial charge is 0.496 e. The fourth-order valence-electron chi connectivity index (χ4n) is 4.38. The van der Waals surface area contributed by atoms with E-state index in [2.05, 4.69) is 15.5 Å². The van der Waals surface area contributed by atoms with E-state index >= 15 is 0 Å². The van der Waals surface area contributed by atoms with E-state index in [1.54, 1.807) is 23.1 Å². The number of carbonyl (C=O) groups is 2. The summed E-state index contributed by atoms with van der Waals surface area (Å²) < 4.78 is 10.7. The Morgan fingerprint density at radius 3 is 2.27 bits per heavy atom. The lowest BCUT2D eigenvalue weighted by Crippen LogP contribution is -2.48. The van der Waals surface area contributed by atoms with Gasteiger partial charge in [-0.3, -0.25) is 14.9 Å². The number of methoxy groups -OCH3 is 1. The molecule has 0 aliphatic carbocycles. The highest BCUT2D eigenvalue weighted by molar-refractivity contribution is 7.80. The number of hydrogen-bond donors (Lipinski definition) is 2. The molecule has 1 saturated heterocycles. The normalized spacial score (nSPS) is 13.3. The van der Waals surface area contributed by atoms with Crippen molar-refractivity contribution in [3.8, 4) is 5.75 Å². The number of nitrogens with one attached hydrogen (secondary N) is 2. The highest BCUT2D eigenvalue weighted by Gasteiger charge is 2.24. The molecular formula is C28H26N4O4S. The fourth-order valence-corrected chi connectivity index (χ4v) is 4.59. The molecule has 1 aromatic heterocycles. The van der Waals surface area contributed by atoms with E-state index in [9.17, 15) is 9.59 Å². The lowest BCUT2D eigenvalue weighted by atomic mass is 10.1. The summed E-state index contributed by atoms with van der Waals surface area (Å²) in [5.41, 5.74) is 2.21. The first-order chi connectivity index (χ1) is 18.0. The van der Waals surface area contributed by atoms with E-state index in [0.717, 1.165) is 35.2 Å². The molecule has 2 N–H and O–H groups in total. The molecular weight excluding hydrogens is 488 g/mol. The van der Waals surface area contributed by atoms with Gasteiger partial charge in [-0.2, -0.15) is 0 Å². The molecule has 4 aromatic rings. The molecule has 1 aliphatic heterocycles. The zero-order chi connectivity index (χ0) is 25.8. The Bertz CT molecular complexity index is 1430. The van der Waals surface area contributed by atoms with Gasteiger partial charge in [-0.1, -0.05) is 24.3 Å². The van der Waals surface area contributed by atoms with Gasteiger partial charge in [0.1, 0.15) is 5.75 Å². The van der Waals surface area contributed by atoms with Gasteiger partial charge in [-0.15, -0.1) is 0 Å². The van der Waals surface area contributed by atoms with Gasteiger partial charge in [0, 0.05) is 37.6 Å². The number of fused-ring (bicyclic) bond motifs is 1. The number of hydrogen-bond acceptors (Lipinski definition) is 6. The second-order valence-corrected chi connectivity index (χ2v) is 9.02. The molecule has 0 spiro atoms. The van der Waals surface area contributed by atoms with Crippen molar-refractivity contribution in [1.29, 1.82) is 0 Å². The second-order valence-electron chi connectivity index (χ2n) is 8.61. The number of anilines is 2. The third-order valence-corrected chi connectivity index (χ3v) is 6.53. The van der Waals surface area contributed by atoms with E-state index < -0.39 is 0 Å². The van der Waals surface area contributed by atoms with Gasteiger partial charge in [-0.05, 0) is 71.5 Å². The van der Waals surface area contributed by atoms with E-state index in [0.29, 0.717) is 30.2 Å². The topological polar surface area (TPSA) is 87.0 Å². The van der Waals surface area contributed by atoms with Crippen LogP contribution in [0.25, 0.3) is 10.8 Å². The summed E-state index contributed by atoms with van der Waals surface area (Å²) in [6.45, 7) is 2.68. The molecule has 3 aromatic carbocycles. The summed E-state index contributed by atoms with van der Waals surface area (Å²) in [4.78, 5) is 29.4. The molecule has 8 nitrogen and oxygen atoms in total. The fraction of sp³-hybridized carbons (Fsp3) is 0.179. The molecule has 0 bridgehead atoms. The van der Waals surface area contributed by atoms with Gasteiger partial charge < -0.3 is 24.3 Å². The van der Waals surface area contributed by atoms with Crippen molar-refractivity contribution >= 4 is 51.3 Å². The Balaban J connectivity index is 1.17. The Labute approximate surface area is 219 Å². The Hall–Kier alpha value is -4.37. The van der Waals surface area contributed by atoms with Crippen molar-refractivity contribution in [2.45, 2.75) is 0 Å². The maximum Gasteiger partial charge on any atom is 0.289 e. The predicted octanol–water partition coefficient (Wildman–Crippen LogP) is 4.53. The highest BCUT2D eigenvalue weighted by Crippen LogP contribution is 2.26. The molecule has 2 amide bonds. The second kappa shape index (κ2) is 10.7. The first-order valence-electron chi connectivity index (χ1n) is 11.9. The van der Waals surface area contributed by atoms with Crippen molar-refractivity contribution in [1.82, 2.24) is 10.2 Å². The number of rotatable bonds is 5. The summed E-state index contributed by atoms with van der Waals surface area (Å²) in [7, 11) is 1.54. The van der Waals surface area contributed by atoms with E-state index in [-0.39, 0.29) is 16.9 Å². The van der Waals surface area contributed by atoms with Crippen LogP contribution in [0.4, 0.5) is 11.4 Å². The lowest BCUT2D eigenvalue weighted by molar-refractivity contribution is 0.0714. The molecule has 0 radical (unpaired) electrons. The molecule has 188 valence electrons. The van der Waals surface area contributed by atoms with E-state index in [1.165, 1.54) is 13.4 Å². The third-order valence-electron chi connectivity index (χ3n) is 6.33. The number of benzene rings is 3. The van der Waals surface area contributed by atoms with Crippen molar-refractivity contribution in [2.75, 3.05) is 43.5 Å². The van der Waals surface area contributed by atoms with Gasteiger partial charge >= 0.3 is 0 Å². The van der Waals surface area contributed by atoms with E-state index in [1.807, 2.05) is 54.6 Å². The summed E-state index contributed by atoms with van der Waals surface area (Å²) in [6.07, 6.45) is 1.51. The average molecular weight is 515 g/mol. The van der Waals surface area contributed by atoms with Gasteiger partial charge in [0.05, 0.1) is 18.9 Å². The number of ether oxygens (including phenoxy) is 1. The molecule has 1 fully saturated rings. The van der Waals surface area contributed by atoms with Crippen LogP contribution in [-0.2, 0) is 0 Å². The van der Waals surface area contributed by atoms with Crippen LogP contribution < -0.4 is 20.3 Å². The van der Waals surface area contributed by atoms with Crippen molar-refractivity contribution in [3.05, 3.63) is 90.4 Å². The van der Waals surface area contributed by atoms with Crippen LogP contribution in [-0.4, -0.2) is 55.1 Å². The van der Waals surface area contributed by atoms with Crippen LogP contribution in [0.1, 0.15) is 20.9 Å². The molecule has 5 rings (SSSR count). The summed E-state index contributed by atoms with van der Waals surface area (Å²) in [5.74, 6) is 0.417. The molecule has 0 saturated carbocycles. The van der Waals surface area contributed by atoms with Gasteiger partial charge in [0.15, 0.2) is 10.9 Å². The number of furan rings is 1. The minimum atomic E-state index is -0.348. The van der Waals surface area contributed by atoms with Crippen LogP contribution >= 0.6 is 12.2 Å². The Morgan fingerprint density at radius 2 is 1.62 bits per heavy atom. The summed E-state index contributed by atoms with van der Waals surface area (Å²) >= 11 is 5.38. The van der Waals surface area contributed by atoms with Crippen molar-refractivity contribution in [3.63, 3.8) is 0 Å². The minimum absolute atomic E-state index is 0.0823. The average Bonchev–Trinajstić information content (AvgIpc) is 3.47. The molecule has 0 atom stereocenters. The Kier molecular flexibility index (Phi) is 7.04. The van der Waals surface area contributed by atoms with Gasteiger partial charge in [-0.25, -0.2) is 0 Å². The molecule has 9 heteroatoms. The SMILES string of the molecule is COc1cc2ccccc2cc1C(=O)NC(=S)Nc1ccc(N2CCN(C(=O)c3ccco3)CC2)cc1. The first kappa shape index (κ1) is 24.3. The monoisotopic (exact) mass is 514 g/mol. The molecule has 0 unspecified atom stereocenters. The Morgan fingerprint density at radius 1 is 0.919 bits per heavy atom. The number of carbonyl (C=O) groups excluding carboxylic acids is 2. The maximum absolute atomic E-state index is 12.9. The van der Waals surface area contributed by atoms with Gasteiger partial charge in [0.2, 0.25) is 0 Å². The quantitative estimate of drug-likeness (QED) is 0.379. The van der Waals surface area contributed by atoms with Gasteiger partial charge in [0.25, 0.3) is 11.8 Å². The zero-order valence-electron chi connectivity index (χ0n) is 20.3. The van der Waals surface area contributed by atoms with Crippen LogP contribution in [0.2, 0.25) is 0 Å². The van der Waals surface area contributed by atoms with Crippen LogP contribution in [0.3, 0.4) is 0 Å². The van der Waals surface area contributed by atoms with Crippen molar-refractivity contribution in [2.24, 2.45) is 0 Å². The smallest absolute Gasteiger partial charge is 0.289 e. The third kappa shape index (κ3) is 5.41. The van der Waals surface area contributed by atoms with Crippen molar-refractivity contribution < 1.29 is 18.7 Å².